The minimum atomic E-state index is -1.66. The van der Waals surface area contributed by atoms with Gasteiger partial charge in [0, 0.05) is 12.6 Å². The van der Waals surface area contributed by atoms with E-state index in [2.05, 4.69) is 5.32 Å². The second kappa shape index (κ2) is 5.86. The van der Waals surface area contributed by atoms with E-state index < -0.39 is 28.9 Å². The molecule has 1 aromatic carbocycles. The molecule has 0 saturated heterocycles. The molecule has 0 spiro atoms. The summed E-state index contributed by atoms with van der Waals surface area (Å²) in [5, 5.41) is 2.37. The minimum Gasteiger partial charge on any atom is -0.350 e. The highest BCUT2D eigenvalue weighted by molar-refractivity contribution is 5.94. The van der Waals surface area contributed by atoms with Crippen LogP contribution in [0.15, 0.2) is 12.1 Å². The van der Waals surface area contributed by atoms with E-state index in [4.69, 9.17) is 5.73 Å². The van der Waals surface area contributed by atoms with E-state index in [-0.39, 0.29) is 18.5 Å². The fourth-order valence-electron chi connectivity index (χ4n) is 1.24. The molecular weight excluding hydrogens is 245 g/mol. The fraction of sp³-hybridized carbons (Fsp3) is 0.417. The van der Waals surface area contributed by atoms with Crippen molar-refractivity contribution in [3.05, 3.63) is 35.1 Å². The SMILES string of the molecule is CC(C)C(N)CNC(=O)c1ccc(F)c(F)c1F. The number of amides is 1. The van der Waals surface area contributed by atoms with Gasteiger partial charge in [-0.15, -0.1) is 0 Å². The standard InChI is InChI=1S/C12H15F3N2O/c1-6(2)9(16)5-17-12(18)7-3-4-8(13)11(15)10(7)14/h3-4,6,9H,5,16H2,1-2H3,(H,17,18). The first-order valence-electron chi connectivity index (χ1n) is 5.51. The number of halogens is 3. The van der Waals surface area contributed by atoms with Crippen molar-refractivity contribution in [3.8, 4) is 0 Å². The van der Waals surface area contributed by atoms with Crippen LogP contribution in [0, 0.1) is 23.4 Å². The summed E-state index contributed by atoms with van der Waals surface area (Å²) >= 11 is 0. The zero-order chi connectivity index (χ0) is 13.9. The molecule has 0 radical (unpaired) electrons. The highest BCUT2D eigenvalue weighted by Gasteiger charge is 2.19. The molecule has 0 fully saturated rings. The van der Waals surface area contributed by atoms with Crippen LogP contribution in [0.3, 0.4) is 0 Å². The number of carbonyl (C=O) groups is 1. The lowest BCUT2D eigenvalue weighted by atomic mass is 10.1. The van der Waals surface area contributed by atoms with Crippen LogP contribution in [-0.4, -0.2) is 18.5 Å². The number of hydrogen-bond donors (Lipinski definition) is 2. The van der Waals surface area contributed by atoms with Crippen molar-refractivity contribution in [1.82, 2.24) is 5.32 Å². The number of nitrogens with one attached hydrogen (secondary N) is 1. The summed E-state index contributed by atoms with van der Waals surface area (Å²) < 4.78 is 38.9. The summed E-state index contributed by atoms with van der Waals surface area (Å²) in [5.41, 5.74) is 5.16. The average molecular weight is 260 g/mol. The maximum Gasteiger partial charge on any atom is 0.254 e. The van der Waals surface area contributed by atoms with Gasteiger partial charge in [-0.25, -0.2) is 13.2 Å². The van der Waals surface area contributed by atoms with Gasteiger partial charge in [-0.3, -0.25) is 4.79 Å². The predicted octanol–water partition coefficient (Wildman–Crippen LogP) is 1.82. The molecule has 0 saturated carbocycles. The topological polar surface area (TPSA) is 55.1 Å². The zero-order valence-corrected chi connectivity index (χ0v) is 10.1. The second-order valence-corrected chi connectivity index (χ2v) is 4.34. The lowest BCUT2D eigenvalue weighted by molar-refractivity contribution is 0.0944. The van der Waals surface area contributed by atoms with E-state index in [1.54, 1.807) is 0 Å². The Morgan fingerprint density at radius 2 is 1.89 bits per heavy atom. The van der Waals surface area contributed by atoms with E-state index in [0.29, 0.717) is 6.07 Å². The first kappa shape index (κ1) is 14.5. The molecule has 0 aliphatic rings. The molecule has 6 heteroatoms. The fourth-order valence-corrected chi connectivity index (χ4v) is 1.24. The van der Waals surface area contributed by atoms with Crippen LogP contribution in [0.1, 0.15) is 24.2 Å². The van der Waals surface area contributed by atoms with Crippen molar-refractivity contribution in [3.63, 3.8) is 0 Å². The first-order valence-corrected chi connectivity index (χ1v) is 5.51. The molecule has 0 aromatic heterocycles. The molecule has 1 atom stereocenters. The summed E-state index contributed by atoms with van der Waals surface area (Å²) in [4.78, 5) is 11.6. The molecule has 0 aliphatic heterocycles. The predicted molar refractivity (Wildman–Crippen MR) is 61.5 cm³/mol. The van der Waals surface area contributed by atoms with Gasteiger partial charge in [0.2, 0.25) is 0 Å². The Balaban J connectivity index is 2.77. The van der Waals surface area contributed by atoms with Gasteiger partial charge in [-0.2, -0.15) is 0 Å². The third kappa shape index (κ3) is 3.22. The van der Waals surface area contributed by atoms with Crippen LogP contribution in [0.2, 0.25) is 0 Å². The molecule has 1 aromatic rings. The van der Waals surface area contributed by atoms with Gasteiger partial charge in [0.25, 0.3) is 5.91 Å². The summed E-state index contributed by atoms with van der Waals surface area (Å²) in [6, 6.07) is 1.31. The van der Waals surface area contributed by atoms with Gasteiger partial charge in [0.05, 0.1) is 5.56 Å². The molecule has 0 aliphatic carbocycles. The number of carbonyl (C=O) groups excluding carboxylic acids is 1. The monoisotopic (exact) mass is 260 g/mol. The maximum atomic E-state index is 13.3. The van der Waals surface area contributed by atoms with Crippen molar-refractivity contribution in [2.45, 2.75) is 19.9 Å². The maximum absolute atomic E-state index is 13.3. The Hall–Kier alpha value is -1.56. The molecule has 0 heterocycles. The molecular formula is C12H15F3N2O. The van der Waals surface area contributed by atoms with E-state index in [1.165, 1.54) is 0 Å². The lowest BCUT2D eigenvalue weighted by Gasteiger charge is -2.16. The molecule has 1 unspecified atom stereocenters. The van der Waals surface area contributed by atoms with Gasteiger partial charge in [-0.05, 0) is 18.1 Å². The van der Waals surface area contributed by atoms with Gasteiger partial charge >= 0.3 is 0 Å². The van der Waals surface area contributed by atoms with Crippen molar-refractivity contribution in [1.29, 1.82) is 0 Å². The van der Waals surface area contributed by atoms with Crippen molar-refractivity contribution >= 4 is 5.91 Å². The molecule has 1 amide bonds. The van der Waals surface area contributed by atoms with Crippen molar-refractivity contribution in [2.75, 3.05) is 6.54 Å². The molecule has 18 heavy (non-hydrogen) atoms. The van der Waals surface area contributed by atoms with Crippen LogP contribution < -0.4 is 11.1 Å². The molecule has 0 bridgehead atoms. The van der Waals surface area contributed by atoms with Crippen LogP contribution in [0.4, 0.5) is 13.2 Å². The largest absolute Gasteiger partial charge is 0.350 e. The average Bonchev–Trinajstić information content (AvgIpc) is 2.32. The zero-order valence-electron chi connectivity index (χ0n) is 10.1. The van der Waals surface area contributed by atoms with Gasteiger partial charge in [0.15, 0.2) is 17.5 Å². The normalized spacial score (nSPS) is 12.6. The second-order valence-electron chi connectivity index (χ2n) is 4.34. The minimum absolute atomic E-state index is 0.134. The highest BCUT2D eigenvalue weighted by Crippen LogP contribution is 2.15. The number of hydrogen-bond acceptors (Lipinski definition) is 2. The Labute approximate surface area is 103 Å². The van der Waals surface area contributed by atoms with Crippen molar-refractivity contribution in [2.24, 2.45) is 11.7 Å². The summed E-state index contributed by atoms with van der Waals surface area (Å²) in [7, 11) is 0. The van der Waals surface area contributed by atoms with E-state index in [9.17, 15) is 18.0 Å². The van der Waals surface area contributed by atoms with E-state index in [1.807, 2.05) is 13.8 Å². The smallest absolute Gasteiger partial charge is 0.254 e. The van der Waals surface area contributed by atoms with E-state index >= 15 is 0 Å². The molecule has 3 nitrogen and oxygen atoms in total. The Morgan fingerprint density at radius 1 is 1.28 bits per heavy atom. The van der Waals surface area contributed by atoms with Crippen LogP contribution >= 0.6 is 0 Å². The van der Waals surface area contributed by atoms with Crippen LogP contribution in [0.5, 0.6) is 0 Å². The molecule has 3 N–H and O–H groups in total. The number of rotatable bonds is 4. The Morgan fingerprint density at radius 3 is 2.44 bits per heavy atom. The Kier molecular flexibility index (Phi) is 4.72. The van der Waals surface area contributed by atoms with Gasteiger partial charge in [0.1, 0.15) is 0 Å². The number of nitrogens with two attached hydrogens (primary N) is 1. The summed E-state index contributed by atoms with van der Waals surface area (Å²) in [6.45, 7) is 3.87. The third-order valence-electron chi connectivity index (χ3n) is 2.63. The van der Waals surface area contributed by atoms with Crippen LogP contribution in [-0.2, 0) is 0 Å². The van der Waals surface area contributed by atoms with Crippen molar-refractivity contribution < 1.29 is 18.0 Å². The molecule has 100 valence electrons. The van der Waals surface area contributed by atoms with E-state index in [0.717, 1.165) is 6.07 Å². The third-order valence-corrected chi connectivity index (χ3v) is 2.63. The first-order chi connectivity index (χ1) is 8.34. The van der Waals surface area contributed by atoms with Crippen LogP contribution in [0.25, 0.3) is 0 Å². The lowest BCUT2D eigenvalue weighted by Crippen LogP contribution is -2.40. The summed E-state index contributed by atoms with van der Waals surface area (Å²) in [5.74, 6) is -5.16. The number of benzene rings is 1. The highest BCUT2D eigenvalue weighted by atomic mass is 19.2. The quantitative estimate of drug-likeness (QED) is 0.811. The Bertz CT molecular complexity index is 449. The summed E-state index contributed by atoms with van der Waals surface area (Å²) in [6.07, 6.45) is 0. The van der Waals surface area contributed by atoms with Gasteiger partial charge in [-0.1, -0.05) is 13.8 Å². The molecule has 1 rings (SSSR count). The van der Waals surface area contributed by atoms with Gasteiger partial charge < -0.3 is 11.1 Å².